The zero-order chi connectivity index (χ0) is 31.4. The fourth-order valence-corrected chi connectivity index (χ4v) is 6.58. The average Bonchev–Trinajstić information content (AvgIpc) is 3.35. The highest BCUT2D eigenvalue weighted by Crippen LogP contribution is 2.54. The molecule has 1 aromatic heterocycles. The van der Waals surface area contributed by atoms with Crippen molar-refractivity contribution in [3.8, 4) is 0 Å². The second-order valence-electron chi connectivity index (χ2n) is 13.5. The van der Waals surface area contributed by atoms with Gasteiger partial charge in [0.25, 0.3) is 5.91 Å². The number of carbonyl (C=O) groups is 3. The number of nitrogens with one attached hydrogen (secondary N) is 1. The summed E-state index contributed by atoms with van der Waals surface area (Å²) in [5.41, 5.74) is 5.38. The van der Waals surface area contributed by atoms with Crippen molar-refractivity contribution in [3.63, 3.8) is 0 Å². The Morgan fingerprint density at radius 3 is 2.22 bits per heavy atom. The van der Waals surface area contributed by atoms with E-state index in [4.69, 9.17) is 0 Å². The van der Waals surface area contributed by atoms with Crippen molar-refractivity contribution in [1.29, 1.82) is 0 Å². The highest BCUT2D eigenvalue weighted by atomic mass is 16.2. The molecule has 1 aliphatic carbocycles. The second-order valence-corrected chi connectivity index (χ2v) is 13.5. The Labute approximate surface area is 266 Å². The standard InChI is InChI=1S/C23H28N4O2.C14H13NO.H2/c1-22(2)10-19(22)21(29)26-15-23(16-26)8-9-25(14-23)20(28)18-11-24-27(13-18)12-17-6-4-3-5-7-17;16-11-15-14-8-4-7-13(10-14)9-12-5-2-1-3-6-12;/h3-7,11,13,19H,8-10,12,14-16H2,1-2H3;1-8,10-11H,9H2,(H,15,16);1H/t19-;;/m1../s1. The van der Waals surface area contributed by atoms with E-state index in [1.54, 1.807) is 6.20 Å². The molecular weight excluding hydrogens is 562 g/mol. The Bertz CT molecular complexity index is 1650. The number of hydrogen-bond acceptors (Lipinski definition) is 4. The molecule has 3 heterocycles. The first-order valence-corrected chi connectivity index (χ1v) is 15.7. The molecule has 0 unspecified atom stereocenters. The summed E-state index contributed by atoms with van der Waals surface area (Å²) < 4.78 is 1.82. The summed E-state index contributed by atoms with van der Waals surface area (Å²) in [6, 6.07) is 28.2. The summed E-state index contributed by atoms with van der Waals surface area (Å²) in [6.45, 7) is 8.10. The van der Waals surface area contributed by atoms with Crippen LogP contribution in [0.3, 0.4) is 0 Å². The van der Waals surface area contributed by atoms with Crippen LogP contribution in [0, 0.1) is 16.7 Å². The maximum absolute atomic E-state index is 13.0. The molecule has 8 heteroatoms. The molecule has 4 aromatic rings. The molecule has 1 spiro atoms. The van der Waals surface area contributed by atoms with E-state index in [0.717, 1.165) is 56.7 Å². The predicted octanol–water partition coefficient (Wildman–Crippen LogP) is 5.74. The quantitative estimate of drug-likeness (QED) is 0.260. The molecular formula is C37H43N5O3. The molecule has 45 heavy (non-hydrogen) atoms. The van der Waals surface area contributed by atoms with Crippen molar-refractivity contribution in [2.24, 2.45) is 16.7 Å². The molecule has 3 aromatic carbocycles. The van der Waals surface area contributed by atoms with E-state index in [9.17, 15) is 14.4 Å². The smallest absolute Gasteiger partial charge is 0.257 e. The van der Waals surface area contributed by atoms with Gasteiger partial charge in [0.15, 0.2) is 0 Å². The van der Waals surface area contributed by atoms with Crippen LogP contribution in [-0.2, 0) is 22.6 Å². The molecule has 8 nitrogen and oxygen atoms in total. The summed E-state index contributed by atoms with van der Waals surface area (Å²) in [5.74, 6) is 0.566. The van der Waals surface area contributed by atoms with Crippen molar-refractivity contribution < 1.29 is 15.8 Å². The van der Waals surface area contributed by atoms with Gasteiger partial charge in [-0.15, -0.1) is 0 Å². The Balaban J connectivity index is 0.000000209. The fraction of sp³-hybridized carbons (Fsp3) is 0.351. The van der Waals surface area contributed by atoms with Crippen LogP contribution in [0.5, 0.6) is 0 Å². The molecule has 0 bridgehead atoms. The average molecular weight is 606 g/mol. The topological polar surface area (TPSA) is 87.5 Å². The zero-order valence-electron chi connectivity index (χ0n) is 26.1. The molecule has 1 atom stereocenters. The third-order valence-electron chi connectivity index (χ3n) is 9.37. The first-order chi connectivity index (χ1) is 21.7. The summed E-state index contributed by atoms with van der Waals surface area (Å²) in [6.07, 6.45) is 7.08. The largest absolute Gasteiger partial charge is 0.341 e. The van der Waals surface area contributed by atoms with Crippen LogP contribution in [-0.4, -0.2) is 64.0 Å². The van der Waals surface area contributed by atoms with Crippen LogP contribution in [0.4, 0.5) is 5.69 Å². The van der Waals surface area contributed by atoms with Gasteiger partial charge in [0.1, 0.15) is 0 Å². The van der Waals surface area contributed by atoms with Gasteiger partial charge in [-0.25, -0.2) is 0 Å². The molecule has 3 amide bonds. The number of aromatic nitrogens is 2. The van der Waals surface area contributed by atoms with E-state index in [1.807, 2.05) is 75.3 Å². The minimum atomic E-state index is 0. The summed E-state index contributed by atoms with van der Waals surface area (Å²) in [4.78, 5) is 39.8. The third kappa shape index (κ3) is 7.17. The van der Waals surface area contributed by atoms with E-state index >= 15 is 0 Å². The molecule has 0 radical (unpaired) electrons. The lowest BCUT2D eigenvalue weighted by atomic mass is 9.78. The number of amides is 3. The van der Waals surface area contributed by atoms with Gasteiger partial charge in [0.2, 0.25) is 12.3 Å². The molecule has 7 rings (SSSR count). The summed E-state index contributed by atoms with van der Waals surface area (Å²) >= 11 is 0. The Morgan fingerprint density at radius 1 is 0.911 bits per heavy atom. The number of hydrogen-bond donors (Lipinski definition) is 1. The second kappa shape index (κ2) is 12.7. The lowest BCUT2D eigenvalue weighted by molar-refractivity contribution is -0.144. The lowest BCUT2D eigenvalue weighted by Gasteiger charge is -2.48. The van der Waals surface area contributed by atoms with Crippen LogP contribution in [0.25, 0.3) is 0 Å². The van der Waals surface area contributed by atoms with Crippen molar-refractivity contribution in [3.05, 3.63) is 120 Å². The zero-order valence-corrected chi connectivity index (χ0v) is 26.1. The van der Waals surface area contributed by atoms with Gasteiger partial charge in [0, 0.05) is 50.8 Å². The van der Waals surface area contributed by atoms with E-state index in [2.05, 4.69) is 54.6 Å². The van der Waals surface area contributed by atoms with Crippen molar-refractivity contribution in [1.82, 2.24) is 19.6 Å². The van der Waals surface area contributed by atoms with Crippen molar-refractivity contribution >= 4 is 23.9 Å². The van der Waals surface area contributed by atoms with Gasteiger partial charge >= 0.3 is 0 Å². The molecule has 1 saturated carbocycles. The number of likely N-dealkylation sites (tertiary alicyclic amines) is 2. The van der Waals surface area contributed by atoms with Gasteiger partial charge in [-0.05, 0) is 53.5 Å². The number of rotatable bonds is 8. The van der Waals surface area contributed by atoms with E-state index < -0.39 is 0 Å². The minimum Gasteiger partial charge on any atom is -0.341 e. The highest BCUT2D eigenvalue weighted by molar-refractivity contribution is 5.94. The fourth-order valence-electron chi connectivity index (χ4n) is 6.58. The SMILES string of the molecule is CC1(C)C[C@@H]1C(=O)N1CC2(CCN(C(=O)c3cnn(Cc4ccccc4)c3)C2)C1.O=CNc1cccc(Cc2ccccc2)c1.[HH]. The molecule has 1 N–H and O–H groups in total. The molecule has 2 saturated heterocycles. The van der Waals surface area contributed by atoms with Gasteiger partial charge in [0.05, 0.1) is 18.3 Å². The van der Waals surface area contributed by atoms with Crippen LogP contribution in [0.1, 0.15) is 55.2 Å². The summed E-state index contributed by atoms with van der Waals surface area (Å²) in [5, 5.41) is 7.02. The number of anilines is 1. The number of nitrogens with zero attached hydrogens (tertiary/aromatic N) is 4. The molecule has 234 valence electrons. The van der Waals surface area contributed by atoms with Gasteiger partial charge in [-0.3, -0.25) is 19.1 Å². The van der Waals surface area contributed by atoms with Crippen LogP contribution in [0.15, 0.2) is 97.3 Å². The minimum absolute atomic E-state index is 0. The van der Waals surface area contributed by atoms with Gasteiger partial charge < -0.3 is 15.1 Å². The van der Waals surface area contributed by atoms with Crippen molar-refractivity contribution in [2.75, 3.05) is 31.5 Å². The van der Waals surface area contributed by atoms with Gasteiger partial charge in [-0.2, -0.15) is 5.10 Å². The van der Waals surface area contributed by atoms with Crippen LogP contribution in [0.2, 0.25) is 0 Å². The summed E-state index contributed by atoms with van der Waals surface area (Å²) in [7, 11) is 0. The number of carbonyl (C=O) groups excluding carboxylic acids is 3. The van der Waals surface area contributed by atoms with E-state index in [1.165, 1.54) is 11.1 Å². The van der Waals surface area contributed by atoms with E-state index in [-0.39, 0.29) is 24.1 Å². The predicted molar refractivity (Wildman–Crippen MR) is 177 cm³/mol. The first-order valence-electron chi connectivity index (χ1n) is 15.7. The third-order valence-corrected chi connectivity index (χ3v) is 9.37. The highest BCUT2D eigenvalue weighted by Gasteiger charge is 2.57. The Hall–Kier alpha value is -4.72. The maximum atomic E-state index is 13.0. The Kier molecular flexibility index (Phi) is 8.57. The van der Waals surface area contributed by atoms with Gasteiger partial charge in [-0.1, -0.05) is 86.6 Å². The monoisotopic (exact) mass is 605 g/mol. The van der Waals surface area contributed by atoms with Crippen LogP contribution >= 0.6 is 0 Å². The maximum Gasteiger partial charge on any atom is 0.257 e. The van der Waals surface area contributed by atoms with E-state index in [0.29, 0.717) is 24.4 Å². The van der Waals surface area contributed by atoms with Crippen molar-refractivity contribution in [2.45, 2.75) is 39.7 Å². The normalized spacial score (nSPS) is 18.8. The Morgan fingerprint density at radius 2 is 1.56 bits per heavy atom. The number of benzene rings is 3. The first kappa shape index (κ1) is 30.3. The molecule has 3 aliphatic rings. The molecule has 2 aliphatic heterocycles. The lowest BCUT2D eigenvalue weighted by Crippen LogP contribution is -2.60. The molecule has 3 fully saturated rings. The van der Waals surface area contributed by atoms with Crippen LogP contribution < -0.4 is 5.32 Å².